The van der Waals surface area contributed by atoms with E-state index in [2.05, 4.69) is 0 Å². The molecule has 26 heavy (non-hydrogen) atoms. The van der Waals surface area contributed by atoms with Gasteiger partial charge in [-0.2, -0.15) is 0 Å². The fraction of sp³-hybridized carbons (Fsp3) is 0.421. The number of hydrogen-bond donors (Lipinski definition) is 1. The van der Waals surface area contributed by atoms with E-state index in [-0.39, 0.29) is 25.6 Å². The molecule has 1 N–H and O–H groups in total. The van der Waals surface area contributed by atoms with Crippen molar-refractivity contribution in [2.45, 2.75) is 31.8 Å². The summed E-state index contributed by atoms with van der Waals surface area (Å²) >= 11 is 1.52. The van der Waals surface area contributed by atoms with E-state index < -0.39 is 23.4 Å². The van der Waals surface area contributed by atoms with E-state index in [1.165, 1.54) is 23.5 Å². The largest absolute Gasteiger partial charge is 0.488 e. The summed E-state index contributed by atoms with van der Waals surface area (Å²) in [5.74, 6) is -2.51. The molecule has 0 saturated heterocycles. The number of hydrogen-bond acceptors (Lipinski definition) is 4. The standard InChI is InChI=1S/C19H20F2O4S/c1-24-18(11-4-5-11)16-9-13(10-26-16)12-7-14(20)19(15(21)8-12)25-6-2-3-17(22)23/h7-11,18H,2-6H2,1H3,(H,22,23). The van der Waals surface area contributed by atoms with Gasteiger partial charge in [0.25, 0.3) is 0 Å². The first kappa shape index (κ1) is 18.8. The molecule has 2 aromatic rings. The smallest absolute Gasteiger partial charge is 0.303 e. The van der Waals surface area contributed by atoms with Crippen molar-refractivity contribution in [2.24, 2.45) is 5.92 Å². The van der Waals surface area contributed by atoms with Crippen molar-refractivity contribution in [3.05, 3.63) is 40.1 Å². The molecule has 1 atom stereocenters. The molecule has 1 aliphatic carbocycles. The quantitative estimate of drug-likeness (QED) is 0.618. The third kappa shape index (κ3) is 4.40. The Bertz CT molecular complexity index is 763. The maximum Gasteiger partial charge on any atom is 0.303 e. The Labute approximate surface area is 154 Å². The van der Waals surface area contributed by atoms with Crippen LogP contribution in [0.1, 0.15) is 36.7 Å². The van der Waals surface area contributed by atoms with Crippen LogP contribution in [0.2, 0.25) is 0 Å². The maximum absolute atomic E-state index is 14.2. The van der Waals surface area contributed by atoms with Crippen molar-refractivity contribution in [2.75, 3.05) is 13.7 Å². The lowest BCUT2D eigenvalue weighted by Crippen LogP contribution is -2.04. The van der Waals surface area contributed by atoms with Gasteiger partial charge in [-0.25, -0.2) is 8.78 Å². The van der Waals surface area contributed by atoms with Crippen LogP contribution in [0.4, 0.5) is 8.78 Å². The molecule has 1 heterocycles. The molecule has 140 valence electrons. The molecule has 1 unspecified atom stereocenters. The van der Waals surface area contributed by atoms with Crippen molar-refractivity contribution in [1.29, 1.82) is 0 Å². The normalized spacial score (nSPS) is 15.0. The molecule has 0 aliphatic heterocycles. The molecule has 0 bridgehead atoms. The molecule has 0 amide bonds. The summed E-state index contributed by atoms with van der Waals surface area (Å²) in [6, 6.07) is 4.39. The summed E-state index contributed by atoms with van der Waals surface area (Å²) in [6.45, 7) is -0.0566. The first-order chi connectivity index (χ1) is 12.5. The van der Waals surface area contributed by atoms with Gasteiger partial charge in [-0.05, 0) is 59.9 Å². The second-order valence-electron chi connectivity index (χ2n) is 6.35. The minimum absolute atomic E-state index is 0.0419. The molecule has 1 fully saturated rings. The van der Waals surface area contributed by atoms with Gasteiger partial charge in [0, 0.05) is 18.4 Å². The van der Waals surface area contributed by atoms with Gasteiger partial charge in [0.15, 0.2) is 17.4 Å². The average Bonchev–Trinajstić information content (AvgIpc) is 3.30. The first-order valence-electron chi connectivity index (χ1n) is 8.45. The van der Waals surface area contributed by atoms with E-state index in [0.29, 0.717) is 11.5 Å². The number of aliphatic carboxylic acids is 1. The van der Waals surface area contributed by atoms with Crippen molar-refractivity contribution in [3.63, 3.8) is 0 Å². The van der Waals surface area contributed by atoms with E-state index >= 15 is 0 Å². The molecule has 3 rings (SSSR count). The summed E-state index contributed by atoms with van der Waals surface area (Å²) in [4.78, 5) is 11.5. The predicted octanol–water partition coefficient (Wildman–Crippen LogP) is 5.03. The van der Waals surface area contributed by atoms with Crippen LogP contribution in [0.15, 0.2) is 23.6 Å². The zero-order valence-corrected chi connectivity index (χ0v) is 15.2. The van der Waals surface area contributed by atoms with E-state index in [0.717, 1.165) is 23.3 Å². The van der Waals surface area contributed by atoms with Gasteiger partial charge < -0.3 is 14.6 Å². The van der Waals surface area contributed by atoms with E-state index in [9.17, 15) is 13.6 Å². The zero-order chi connectivity index (χ0) is 18.7. The number of benzene rings is 1. The average molecular weight is 382 g/mol. The molecule has 0 radical (unpaired) electrons. The fourth-order valence-electron chi connectivity index (χ4n) is 2.86. The molecular formula is C19H20F2O4S. The van der Waals surface area contributed by atoms with Crippen LogP contribution < -0.4 is 4.74 Å². The number of carbonyl (C=O) groups is 1. The van der Waals surface area contributed by atoms with Crippen molar-refractivity contribution >= 4 is 17.3 Å². The Morgan fingerprint density at radius 3 is 2.54 bits per heavy atom. The van der Waals surface area contributed by atoms with Gasteiger partial charge in [0.2, 0.25) is 0 Å². The summed E-state index contributed by atoms with van der Waals surface area (Å²) in [7, 11) is 1.68. The van der Waals surface area contributed by atoms with Gasteiger partial charge in [0.1, 0.15) is 0 Å². The number of rotatable bonds is 9. The Morgan fingerprint density at radius 2 is 1.96 bits per heavy atom. The Morgan fingerprint density at radius 1 is 1.27 bits per heavy atom. The van der Waals surface area contributed by atoms with Gasteiger partial charge in [-0.3, -0.25) is 4.79 Å². The number of halogens is 2. The minimum Gasteiger partial charge on any atom is -0.488 e. The second-order valence-corrected chi connectivity index (χ2v) is 7.29. The van der Waals surface area contributed by atoms with Crippen molar-refractivity contribution in [1.82, 2.24) is 0 Å². The third-order valence-corrected chi connectivity index (χ3v) is 5.31. The Balaban J connectivity index is 1.73. The molecule has 1 saturated carbocycles. The van der Waals surface area contributed by atoms with Crippen LogP contribution in [0.5, 0.6) is 5.75 Å². The summed E-state index contributed by atoms with van der Waals surface area (Å²) in [5.41, 5.74) is 1.17. The SMILES string of the molecule is COC(c1cc(-c2cc(F)c(OCCCC(=O)O)c(F)c2)cs1)C1CC1. The molecule has 7 heteroatoms. The highest BCUT2D eigenvalue weighted by Gasteiger charge is 2.33. The number of carboxylic acids is 1. The Kier molecular flexibility index (Phi) is 5.88. The number of methoxy groups -OCH3 is 1. The topological polar surface area (TPSA) is 55.8 Å². The highest BCUT2D eigenvalue weighted by Crippen LogP contribution is 2.45. The predicted molar refractivity (Wildman–Crippen MR) is 94.5 cm³/mol. The van der Waals surface area contributed by atoms with Crippen LogP contribution in [-0.2, 0) is 9.53 Å². The van der Waals surface area contributed by atoms with Gasteiger partial charge in [-0.15, -0.1) is 11.3 Å². The van der Waals surface area contributed by atoms with Crippen LogP contribution >= 0.6 is 11.3 Å². The van der Waals surface area contributed by atoms with Crippen LogP contribution in [0, 0.1) is 17.6 Å². The van der Waals surface area contributed by atoms with Gasteiger partial charge in [-0.1, -0.05) is 0 Å². The molecule has 0 spiro atoms. The number of carboxylic acid groups (broad SMARTS) is 1. The van der Waals surface area contributed by atoms with E-state index in [4.69, 9.17) is 14.6 Å². The lowest BCUT2D eigenvalue weighted by Gasteiger charge is -2.11. The van der Waals surface area contributed by atoms with E-state index in [1.54, 1.807) is 7.11 Å². The van der Waals surface area contributed by atoms with Crippen LogP contribution in [-0.4, -0.2) is 24.8 Å². The number of ether oxygens (including phenoxy) is 2. The fourth-order valence-corrected chi connectivity index (χ4v) is 3.94. The Hall–Kier alpha value is -1.99. The van der Waals surface area contributed by atoms with Crippen LogP contribution in [0.3, 0.4) is 0 Å². The highest BCUT2D eigenvalue weighted by atomic mass is 32.1. The van der Waals surface area contributed by atoms with Crippen molar-refractivity contribution in [3.8, 4) is 16.9 Å². The molecule has 1 aromatic heterocycles. The van der Waals surface area contributed by atoms with Crippen LogP contribution in [0.25, 0.3) is 11.1 Å². The summed E-state index contributed by atoms with van der Waals surface area (Å²) in [5, 5.41) is 10.4. The second kappa shape index (κ2) is 8.14. The van der Waals surface area contributed by atoms with E-state index in [1.807, 2.05) is 11.4 Å². The lowest BCUT2D eigenvalue weighted by atomic mass is 10.1. The number of thiophene rings is 1. The maximum atomic E-state index is 14.2. The molecule has 1 aromatic carbocycles. The highest BCUT2D eigenvalue weighted by molar-refractivity contribution is 7.10. The zero-order valence-electron chi connectivity index (χ0n) is 14.3. The molecular weight excluding hydrogens is 362 g/mol. The van der Waals surface area contributed by atoms with Gasteiger partial charge in [0.05, 0.1) is 12.7 Å². The van der Waals surface area contributed by atoms with Gasteiger partial charge >= 0.3 is 5.97 Å². The summed E-state index contributed by atoms with van der Waals surface area (Å²) in [6.07, 6.45) is 2.40. The minimum atomic E-state index is -0.973. The lowest BCUT2D eigenvalue weighted by molar-refractivity contribution is -0.137. The molecule has 1 aliphatic rings. The molecule has 4 nitrogen and oxygen atoms in total. The first-order valence-corrected chi connectivity index (χ1v) is 9.32. The monoisotopic (exact) mass is 382 g/mol. The summed E-state index contributed by atoms with van der Waals surface area (Å²) < 4.78 is 39.1. The third-order valence-electron chi connectivity index (χ3n) is 4.32. The van der Waals surface area contributed by atoms with Crippen molar-refractivity contribution < 1.29 is 28.2 Å².